The predicted octanol–water partition coefficient (Wildman–Crippen LogP) is 2.76. The first-order valence-electron chi connectivity index (χ1n) is 8.25. The fourth-order valence-electron chi connectivity index (χ4n) is 2.49. The lowest BCUT2D eigenvalue weighted by Crippen LogP contribution is -2.13. The Bertz CT molecular complexity index is 867. The Labute approximate surface area is 166 Å². The van der Waals surface area contributed by atoms with Gasteiger partial charge in [-0.25, -0.2) is 9.59 Å². The average molecular weight is 405 g/mol. The van der Waals surface area contributed by atoms with E-state index in [-0.39, 0.29) is 23.6 Å². The van der Waals surface area contributed by atoms with Crippen LogP contribution in [0.3, 0.4) is 0 Å². The third-order valence-electron chi connectivity index (χ3n) is 3.74. The Morgan fingerprint density at radius 2 is 1.28 bits per heavy atom. The zero-order valence-electron chi connectivity index (χ0n) is 16.2. The normalized spacial score (nSPS) is 10.1. The van der Waals surface area contributed by atoms with E-state index >= 15 is 0 Å². The molecule has 0 aromatic heterocycles. The molecule has 10 heteroatoms. The van der Waals surface area contributed by atoms with Gasteiger partial charge < -0.3 is 29.0 Å². The maximum absolute atomic E-state index is 11.7. The molecule has 2 aliphatic carbocycles. The van der Waals surface area contributed by atoms with E-state index in [4.69, 9.17) is 9.47 Å². The summed E-state index contributed by atoms with van der Waals surface area (Å²) in [5, 5.41) is 2.48. The molecule has 154 valence electrons. The molecule has 0 aromatic rings. The average Bonchev–Trinajstić information content (AvgIpc) is 2.83. The summed E-state index contributed by atoms with van der Waals surface area (Å²) in [7, 11) is 3.50. The monoisotopic (exact) mass is 405 g/mol. The third-order valence-corrected chi connectivity index (χ3v) is 3.74. The van der Waals surface area contributed by atoms with Crippen LogP contribution in [0.4, 0.5) is 15.3 Å². The number of nitrogens with one attached hydrogen (secondary N) is 1. The smallest absolute Gasteiger partial charge is 0.469 e. The second-order valence-corrected chi connectivity index (χ2v) is 5.65. The minimum absolute atomic E-state index is 0.00723. The van der Waals surface area contributed by atoms with Gasteiger partial charge in [0.2, 0.25) is 5.91 Å². The molecule has 0 bridgehead atoms. The number of methoxy groups -OCH3 is 3. The number of anilines is 1. The molecule has 0 aliphatic heterocycles. The van der Waals surface area contributed by atoms with E-state index in [1.54, 1.807) is 24.3 Å². The number of fused-ring (bicyclic) bond motifs is 1. The summed E-state index contributed by atoms with van der Waals surface area (Å²) in [5.41, 5.74) is 1.16. The van der Waals surface area contributed by atoms with Gasteiger partial charge in [0.25, 0.3) is 0 Å². The number of ether oxygens (including phenoxy) is 5. The van der Waals surface area contributed by atoms with Crippen molar-refractivity contribution in [3.8, 4) is 22.6 Å². The number of hydrogen-bond acceptors (Lipinski definition) is 9. The zero-order chi connectivity index (χ0) is 21.6. The van der Waals surface area contributed by atoms with Crippen molar-refractivity contribution >= 4 is 29.9 Å². The van der Waals surface area contributed by atoms with Crippen molar-refractivity contribution in [1.82, 2.24) is 0 Å². The van der Waals surface area contributed by atoms with E-state index < -0.39 is 24.2 Å². The molecule has 0 aromatic carbocycles. The van der Waals surface area contributed by atoms with Crippen LogP contribution in [0.5, 0.6) is 11.5 Å². The molecule has 10 nitrogen and oxygen atoms in total. The molecular formula is C19H19NO9. The van der Waals surface area contributed by atoms with Crippen molar-refractivity contribution in [3.63, 3.8) is 0 Å². The fraction of sp³-hybridized carbons (Fsp3) is 0.263. The van der Waals surface area contributed by atoms with Crippen LogP contribution in [-0.2, 0) is 30.2 Å². The lowest BCUT2D eigenvalue weighted by atomic mass is 10.2. The van der Waals surface area contributed by atoms with Crippen molar-refractivity contribution in [2.75, 3.05) is 26.6 Å². The van der Waals surface area contributed by atoms with Gasteiger partial charge in [-0.2, -0.15) is 0 Å². The van der Waals surface area contributed by atoms with E-state index in [0.29, 0.717) is 16.7 Å². The summed E-state index contributed by atoms with van der Waals surface area (Å²) in [4.78, 5) is 46.7. The molecule has 0 unspecified atom stereocenters. The van der Waals surface area contributed by atoms with Gasteiger partial charge in [0.15, 0.2) is 11.5 Å². The van der Waals surface area contributed by atoms with Gasteiger partial charge >= 0.3 is 18.3 Å². The Morgan fingerprint density at radius 3 is 1.66 bits per heavy atom. The van der Waals surface area contributed by atoms with E-state index in [1.165, 1.54) is 14.0 Å². The van der Waals surface area contributed by atoms with E-state index in [9.17, 15) is 19.2 Å². The fourth-order valence-corrected chi connectivity index (χ4v) is 2.49. The molecule has 0 fully saturated rings. The number of carbonyl (C=O) groups excluding carboxylic acids is 4. The molecule has 0 saturated heterocycles. The van der Waals surface area contributed by atoms with Crippen molar-refractivity contribution < 1.29 is 42.9 Å². The standard InChI is InChI=1S/C19H19NO9/c1-10(21)20-15-16(28-18(23)26-3)12-7-5-11(9-14(22)25-2)6-8-13(12)17(15)29-19(24)27-4/h5-8H,9H2,1-4H3,(H,20,21). The van der Waals surface area contributed by atoms with Gasteiger partial charge in [-0.1, -0.05) is 24.3 Å². The summed E-state index contributed by atoms with van der Waals surface area (Å²) < 4.78 is 24.1. The molecule has 0 saturated carbocycles. The molecule has 0 spiro atoms. The highest BCUT2D eigenvalue weighted by Crippen LogP contribution is 2.52. The van der Waals surface area contributed by atoms with E-state index in [0.717, 1.165) is 14.2 Å². The highest BCUT2D eigenvalue weighted by Gasteiger charge is 2.30. The number of amides is 1. The second-order valence-electron chi connectivity index (χ2n) is 5.65. The first kappa shape index (κ1) is 21.5. The minimum atomic E-state index is -1.05. The quantitative estimate of drug-likeness (QED) is 0.590. The maximum atomic E-state index is 11.7. The summed E-state index contributed by atoms with van der Waals surface area (Å²) >= 11 is 0. The van der Waals surface area contributed by atoms with Gasteiger partial charge in [0, 0.05) is 18.1 Å². The molecule has 1 amide bonds. The molecule has 0 radical (unpaired) electrons. The van der Waals surface area contributed by atoms with Crippen LogP contribution in [0, 0.1) is 0 Å². The lowest BCUT2D eigenvalue weighted by Gasteiger charge is -2.08. The summed E-state index contributed by atoms with van der Waals surface area (Å²) in [6.07, 6.45) is -2.10. The molecule has 0 atom stereocenters. The first-order chi connectivity index (χ1) is 13.8. The van der Waals surface area contributed by atoms with Gasteiger partial charge in [0.05, 0.1) is 27.8 Å². The Balaban J connectivity index is 2.71. The van der Waals surface area contributed by atoms with Crippen LogP contribution in [0.2, 0.25) is 0 Å². The minimum Gasteiger partial charge on any atom is -0.469 e. The Morgan fingerprint density at radius 1 is 0.793 bits per heavy atom. The highest BCUT2D eigenvalue weighted by molar-refractivity contribution is 6.02. The van der Waals surface area contributed by atoms with Gasteiger partial charge in [0.1, 0.15) is 5.69 Å². The molecule has 2 aliphatic rings. The highest BCUT2D eigenvalue weighted by atomic mass is 16.7. The van der Waals surface area contributed by atoms with Gasteiger partial charge in [-0.15, -0.1) is 0 Å². The van der Waals surface area contributed by atoms with Crippen molar-refractivity contribution in [1.29, 1.82) is 0 Å². The SMILES string of the molecule is COC(=O)Cc1ccc2c(OC(=O)OC)c(NC(C)=O)c(OC(=O)OC)c-2cc1. The van der Waals surface area contributed by atoms with Crippen molar-refractivity contribution in [2.24, 2.45) is 0 Å². The molecule has 29 heavy (non-hydrogen) atoms. The molecule has 1 N–H and O–H groups in total. The van der Waals surface area contributed by atoms with Crippen LogP contribution < -0.4 is 14.8 Å². The number of carbonyl (C=O) groups is 4. The lowest BCUT2D eigenvalue weighted by molar-refractivity contribution is -0.139. The Hall–Kier alpha value is -3.82. The summed E-state index contributed by atoms with van der Waals surface area (Å²) in [6, 6.07) is 6.29. The van der Waals surface area contributed by atoms with Gasteiger partial charge in [-0.05, 0) is 5.56 Å². The maximum Gasteiger partial charge on any atom is 0.513 e. The van der Waals surface area contributed by atoms with Crippen LogP contribution in [0.1, 0.15) is 12.5 Å². The first-order valence-corrected chi connectivity index (χ1v) is 8.25. The van der Waals surface area contributed by atoms with Crippen LogP contribution >= 0.6 is 0 Å². The number of rotatable bonds is 5. The zero-order valence-corrected chi connectivity index (χ0v) is 16.2. The van der Waals surface area contributed by atoms with E-state index in [1.807, 2.05) is 0 Å². The van der Waals surface area contributed by atoms with Gasteiger partial charge in [-0.3, -0.25) is 9.59 Å². The number of esters is 1. The summed E-state index contributed by atoms with van der Waals surface area (Å²) in [5.74, 6) is -1.14. The largest absolute Gasteiger partial charge is 0.513 e. The molecular weight excluding hydrogens is 386 g/mol. The van der Waals surface area contributed by atoms with Crippen molar-refractivity contribution in [2.45, 2.75) is 13.3 Å². The Kier molecular flexibility index (Phi) is 6.96. The van der Waals surface area contributed by atoms with E-state index in [2.05, 4.69) is 19.5 Å². The third kappa shape index (κ3) is 5.12. The second kappa shape index (κ2) is 9.40. The molecule has 2 rings (SSSR count). The summed E-state index contributed by atoms with van der Waals surface area (Å²) in [6.45, 7) is 1.23. The topological polar surface area (TPSA) is 126 Å². The predicted molar refractivity (Wildman–Crippen MR) is 99.2 cm³/mol. The van der Waals surface area contributed by atoms with Crippen LogP contribution in [-0.4, -0.2) is 45.5 Å². The van der Waals surface area contributed by atoms with Crippen molar-refractivity contribution in [3.05, 3.63) is 29.8 Å². The van der Waals surface area contributed by atoms with Crippen LogP contribution in [0.15, 0.2) is 24.3 Å². The number of hydrogen-bond donors (Lipinski definition) is 1. The molecule has 0 heterocycles. The van der Waals surface area contributed by atoms with Crippen LogP contribution in [0.25, 0.3) is 11.1 Å².